The molecule has 1 aromatic carbocycles. The van der Waals surface area contributed by atoms with E-state index in [9.17, 15) is 0 Å². The fourth-order valence-electron chi connectivity index (χ4n) is 2.75. The van der Waals surface area contributed by atoms with E-state index < -0.39 is 0 Å². The predicted octanol–water partition coefficient (Wildman–Crippen LogP) is 3.22. The summed E-state index contributed by atoms with van der Waals surface area (Å²) in [6.07, 6.45) is 0. The second-order valence-corrected chi connectivity index (χ2v) is 5.55. The number of para-hydroxylation sites is 1. The first kappa shape index (κ1) is 13.3. The molecule has 0 radical (unpaired) electrons. The highest BCUT2D eigenvalue weighted by Crippen LogP contribution is 2.18. The van der Waals surface area contributed by atoms with Gasteiger partial charge in [0.25, 0.3) is 0 Å². The lowest BCUT2D eigenvalue weighted by molar-refractivity contribution is 0.229. The van der Waals surface area contributed by atoms with Gasteiger partial charge < -0.3 is 9.32 Å². The van der Waals surface area contributed by atoms with Crippen molar-refractivity contribution in [3.8, 4) is 0 Å². The van der Waals surface area contributed by atoms with Gasteiger partial charge in [-0.3, -0.25) is 4.90 Å². The Kier molecular flexibility index (Phi) is 3.79. The van der Waals surface area contributed by atoms with Gasteiger partial charge in [0.1, 0.15) is 11.5 Å². The monoisotopic (exact) mass is 270 g/mol. The Hall–Kier alpha value is -1.74. The number of hydrogen-bond donors (Lipinski definition) is 0. The van der Waals surface area contributed by atoms with Crippen molar-refractivity contribution in [2.75, 3.05) is 31.1 Å². The minimum atomic E-state index is 0.928. The first-order valence-corrected chi connectivity index (χ1v) is 7.30. The normalized spacial score (nSPS) is 16.6. The molecular weight excluding hydrogens is 248 g/mol. The maximum absolute atomic E-state index is 5.77. The van der Waals surface area contributed by atoms with Crippen LogP contribution in [0.3, 0.4) is 0 Å². The average Bonchev–Trinajstić information content (AvgIpc) is 2.79. The van der Waals surface area contributed by atoms with E-state index in [2.05, 4.69) is 53.1 Å². The number of anilines is 1. The summed E-state index contributed by atoms with van der Waals surface area (Å²) in [5, 5.41) is 0. The highest BCUT2D eigenvalue weighted by atomic mass is 16.3. The molecule has 1 fully saturated rings. The van der Waals surface area contributed by atoms with Crippen LogP contribution >= 0.6 is 0 Å². The van der Waals surface area contributed by atoms with Gasteiger partial charge in [0.2, 0.25) is 0 Å². The first-order chi connectivity index (χ1) is 9.72. The summed E-state index contributed by atoms with van der Waals surface area (Å²) in [4.78, 5) is 4.92. The van der Waals surface area contributed by atoms with Crippen LogP contribution in [0, 0.1) is 13.8 Å². The Morgan fingerprint density at radius 1 is 1.00 bits per heavy atom. The van der Waals surface area contributed by atoms with E-state index in [0.717, 1.165) is 44.2 Å². The van der Waals surface area contributed by atoms with Crippen LogP contribution in [0.2, 0.25) is 0 Å². The van der Waals surface area contributed by atoms with Crippen LogP contribution in [0.4, 0.5) is 5.69 Å². The molecule has 0 saturated carbocycles. The van der Waals surface area contributed by atoms with Crippen molar-refractivity contribution in [3.05, 3.63) is 53.5 Å². The van der Waals surface area contributed by atoms with Gasteiger partial charge in [0.15, 0.2) is 0 Å². The fraction of sp³-hybridized carbons (Fsp3) is 0.412. The van der Waals surface area contributed by atoms with Crippen LogP contribution in [0.1, 0.15) is 17.1 Å². The average molecular weight is 270 g/mol. The molecule has 1 aliphatic rings. The molecule has 1 saturated heterocycles. The third-order valence-electron chi connectivity index (χ3n) is 4.09. The van der Waals surface area contributed by atoms with E-state index in [1.54, 1.807) is 0 Å². The molecule has 3 rings (SSSR count). The molecule has 1 aliphatic heterocycles. The van der Waals surface area contributed by atoms with Crippen molar-refractivity contribution >= 4 is 5.69 Å². The summed E-state index contributed by atoms with van der Waals surface area (Å²) in [6.45, 7) is 9.42. The summed E-state index contributed by atoms with van der Waals surface area (Å²) in [5.74, 6) is 2.14. The molecular formula is C17H22N2O. The van der Waals surface area contributed by atoms with Crippen LogP contribution in [-0.2, 0) is 6.54 Å². The van der Waals surface area contributed by atoms with Gasteiger partial charge in [-0.05, 0) is 37.6 Å². The van der Waals surface area contributed by atoms with E-state index in [1.807, 2.05) is 6.92 Å². The van der Waals surface area contributed by atoms with E-state index in [4.69, 9.17) is 4.42 Å². The molecule has 0 unspecified atom stereocenters. The van der Waals surface area contributed by atoms with Gasteiger partial charge in [0.05, 0.1) is 6.54 Å². The molecule has 0 N–H and O–H groups in total. The van der Waals surface area contributed by atoms with E-state index >= 15 is 0 Å². The number of rotatable bonds is 3. The number of hydrogen-bond acceptors (Lipinski definition) is 3. The third-order valence-corrected chi connectivity index (χ3v) is 4.09. The van der Waals surface area contributed by atoms with Crippen molar-refractivity contribution < 1.29 is 4.42 Å². The van der Waals surface area contributed by atoms with Gasteiger partial charge in [0, 0.05) is 31.9 Å². The number of benzene rings is 1. The lowest BCUT2D eigenvalue weighted by Crippen LogP contribution is -2.45. The summed E-state index contributed by atoms with van der Waals surface area (Å²) in [6, 6.07) is 12.8. The predicted molar refractivity (Wildman–Crippen MR) is 82.1 cm³/mol. The first-order valence-electron chi connectivity index (χ1n) is 7.30. The minimum Gasteiger partial charge on any atom is -0.465 e. The second kappa shape index (κ2) is 5.71. The Labute approximate surface area is 120 Å². The van der Waals surface area contributed by atoms with Crippen molar-refractivity contribution in [2.24, 2.45) is 0 Å². The second-order valence-electron chi connectivity index (χ2n) is 5.55. The molecule has 2 aromatic rings. The van der Waals surface area contributed by atoms with E-state index in [-0.39, 0.29) is 0 Å². The lowest BCUT2D eigenvalue weighted by Gasteiger charge is -2.35. The zero-order valence-corrected chi connectivity index (χ0v) is 12.3. The van der Waals surface area contributed by atoms with Gasteiger partial charge in [-0.1, -0.05) is 18.2 Å². The van der Waals surface area contributed by atoms with Gasteiger partial charge >= 0.3 is 0 Å². The molecule has 3 nitrogen and oxygen atoms in total. The quantitative estimate of drug-likeness (QED) is 0.854. The topological polar surface area (TPSA) is 19.6 Å². The van der Waals surface area contributed by atoms with Crippen molar-refractivity contribution in [1.29, 1.82) is 0 Å². The maximum Gasteiger partial charge on any atom is 0.118 e. The van der Waals surface area contributed by atoms with Gasteiger partial charge in [-0.15, -0.1) is 0 Å². The summed E-state index contributed by atoms with van der Waals surface area (Å²) in [5.41, 5.74) is 2.58. The molecule has 106 valence electrons. The Balaban J connectivity index is 1.56. The van der Waals surface area contributed by atoms with Crippen LogP contribution in [0.25, 0.3) is 0 Å². The van der Waals surface area contributed by atoms with Crippen LogP contribution in [0.15, 0.2) is 40.8 Å². The maximum atomic E-state index is 5.77. The Morgan fingerprint density at radius 2 is 1.70 bits per heavy atom. The SMILES string of the molecule is Cc1cc(CN2CCN(c3ccccc3)CC2)oc1C. The molecule has 0 atom stereocenters. The minimum absolute atomic E-state index is 0.928. The largest absolute Gasteiger partial charge is 0.465 e. The van der Waals surface area contributed by atoms with Gasteiger partial charge in [-0.25, -0.2) is 0 Å². The molecule has 0 spiro atoms. The summed E-state index contributed by atoms with van der Waals surface area (Å²) < 4.78 is 5.77. The number of nitrogens with zero attached hydrogens (tertiary/aromatic N) is 2. The van der Waals surface area contributed by atoms with Crippen LogP contribution < -0.4 is 4.90 Å². The highest BCUT2D eigenvalue weighted by molar-refractivity contribution is 5.46. The summed E-state index contributed by atoms with van der Waals surface area (Å²) in [7, 11) is 0. The van der Waals surface area contributed by atoms with Crippen molar-refractivity contribution in [3.63, 3.8) is 0 Å². The Bertz CT molecular complexity index is 534. The van der Waals surface area contributed by atoms with E-state index in [0.29, 0.717) is 0 Å². The molecule has 0 amide bonds. The molecule has 2 heterocycles. The zero-order valence-electron chi connectivity index (χ0n) is 12.3. The molecule has 0 bridgehead atoms. The summed E-state index contributed by atoms with van der Waals surface area (Å²) >= 11 is 0. The van der Waals surface area contributed by atoms with Crippen LogP contribution in [0.5, 0.6) is 0 Å². The van der Waals surface area contributed by atoms with Crippen LogP contribution in [-0.4, -0.2) is 31.1 Å². The number of aryl methyl sites for hydroxylation is 2. The molecule has 1 aromatic heterocycles. The standard InChI is InChI=1S/C17H22N2O/c1-14-12-17(20-15(14)2)13-18-8-10-19(11-9-18)16-6-4-3-5-7-16/h3-7,12H,8-11,13H2,1-2H3. The van der Waals surface area contributed by atoms with Crippen molar-refractivity contribution in [2.45, 2.75) is 20.4 Å². The third kappa shape index (κ3) is 2.88. The smallest absolute Gasteiger partial charge is 0.118 e. The lowest BCUT2D eigenvalue weighted by atomic mass is 10.2. The zero-order chi connectivity index (χ0) is 13.9. The molecule has 0 aliphatic carbocycles. The van der Waals surface area contributed by atoms with Crippen molar-refractivity contribution in [1.82, 2.24) is 4.90 Å². The number of piperazine rings is 1. The van der Waals surface area contributed by atoms with E-state index in [1.165, 1.54) is 11.3 Å². The molecule has 3 heteroatoms. The fourth-order valence-corrected chi connectivity index (χ4v) is 2.75. The number of furan rings is 1. The highest BCUT2D eigenvalue weighted by Gasteiger charge is 2.18. The van der Waals surface area contributed by atoms with Gasteiger partial charge in [-0.2, -0.15) is 0 Å². The Morgan fingerprint density at radius 3 is 2.30 bits per heavy atom. The molecule has 20 heavy (non-hydrogen) atoms.